The maximum atomic E-state index is 13.2. The summed E-state index contributed by atoms with van der Waals surface area (Å²) in [6, 6.07) is 14.8. The number of nitrogens with one attached hydrogen (secondary N) is 1. The average molecular weight is 387 g/mol. The Morgan fingerprint density at radius 1 is 1.04 bits per heavy atom. The fourth-order valence-corrected chi connectivity index (χ4v) is 2.28. The van der Waals surface area contributed by atoms with Crippen molar-refractivity contribution < 1.29 is 18.1 Å². The van der Waals surface area contributed by atoms with Crippen molar-refractivity contribution in [3.05, 3.63) is 82.0 Å². The molecule has 0 aliphatic heterocycles. The second-order valence-electron chi connectivity index (χ2n) is 5.55. The van der Waals surface area contributed by atoms with Crippen LogP contribution in [0.1, 0.15) is 11.3 Å². The summed E-state index contributed by atoms with van der Waals surface area (Å²) in [5.74, 6) is -0.352. The van der Waals surface area contributed by atoms with E-state index in [0.29, 0.717) is 11.1 Å². The summed E-state index contributed by atoms with van der Waals surface area (Å²) in [6.07, 6.45) is -3.44. The molecule has 142 valence electrons. The molecule has 7 nitrogen and oxygen atoms in total. The Labute approximate surface area is 156 Å². The highest BCUT2D eigenvalue weighted by atomic mass is 19.4. The topological polar surface area (TPSA) is 93.3 Å². The van der Waals surface area contributed by atoms with Gasteiger partial charge in [-0.25, -0.2) is 15.4 Å². The van der Waals surface area contributed by atoms with Gasteiger partial charge in [-0.2, -0.15) is 18.3 Å². The standard InChI is InChI=1S/C18H12F3N5O2/c19-18(20,21)16-10-15(13-6-2-1-3-7-13)23-17(24-16)25-22-11-12-5-4-8-14(9-12)26(27)28/h1-11H,(H,23,24,25)/b22-11+. The van der Waals surface area contributed by atoms with E-state index in [2.05, 4.69) is 20.5 Å². The van der Waals surface area contributed by atoms with Crippen molar-refractivity contribution >= 4 is 17.9 Å². The molecule has 0 aliphatic carbocycles. The number of nitro benzene ring substituents is 1. The molecule has 0 aliphatic rings. The fourth-order valence-electron chi connectivity index (χ4n) is 2.28. The van der Waals surface area contributed by atoms with Crippen LogP contribution in [0, 0.1) is 10.1 Å². The molecule has 10 heteroatoms. The van der Waals surface area contributed by atoms with Gasteiger partial charge < -0.3 is 0 Å². The molecular weight excluding hydrogens is 375 g/mol. The molecule has 28 heavy (non-hydrogen) atoms. The molecule has 0 atom stereocenters. The first kappa shape index (κ1) is 19.0. The predicted molar refractivity (Wildman–Crippen MR) is 96.8 cm³/mol. The SMILES string of the molecule is O=[N+]([O-])c1cccc(/C=N/Nc2nc(-c3ccccc3)cc(C(F)(F)F)n2)c1. The van der Waals surface area contributed by atoms with E-state index in [0.717, 1.165) is 6.07 Å². The fraction of sp³-hybridized carbons (Fsp3) is 0.0556. The zero-order valence-corrected chi connectivity index (χ0v) is 14.1. The van der Waals surface area contributed by atoms with Crippen LogP contribution in [0.5, 0.6) is 0 Å². The first-order valence-corrected chi connectivity index (χ1v) is 7.88. The molecule has 3 rings (SSSR count). The molecule has 0 spiro atoms. The Balaban J connectivity index is 1.89. The lowest BCUT2D eigenvalue weighted by molar-refractivity contribution is -0.384. The van der Waals surface area contributed by atoms with Crippen molar-refractivity contribution in [1.29, 1.82) is 0 Å². The van der Waals surface area contributed by atoms with Gasteiger partial charge in [0.15, 0.2) is 5.69 Å². The second-order valence-corrected chi connectivity index (χ2v) is 5.55. The predicted octanol–water partition coefficient (Wildman–Crippen LogP) is 4.52. The van der Waals surface area contributed by atoms with Crippen molar-refractivity contribution in [2.75, 3.05) is 5.43 Å². The molecule has 0 radical (unpaired) electrons. The van der Waals surface area contributed by atoms with Crippen molar-refractivity contribution in [3.63, 3.8) is 0 Å². The molecular formula is C18H12F3N5O2. The minimum atomic E-state index is -4.66. The maximum Gasteiger partial charge on any atom is 0.433 e. The van der Waals surface area contributed by atoms with Crippen LogP contribution < -0.4 is 5.43 Å². The van der Waals surface area contributed by atoms with Crippen LogP contribution in [-0.2, 0) is 6.18 Å². The van der Waals surface area contributed by atoms with Gasteiger partial charge in [-0.15, -0.1) is 0 Å². The van der Waals surface area contributed by atoms with Crippen LogP contribution in [0.25, 0.3) is 11.3 Å². The van der Waals surface area contributed by atoms with E-state index >= 15 is 0 Å². The van der Waals surface area contributed by atoms with Gasteiger partial charge in [0.1, 0.15) is 0 Å². The smallest absolute Gasteiger partial charge is 0.258 e. The molecule has 1 heterocycles. The van der Waals surface area contributed by atoms with Crippen molar-refractivity contribution in [2.45, 2.75) is 6.18 Å². The number of rotatable bonds is 5. The Hall–Kier alpha value is -3.82. The second kappa shape index (κ2) is 7.82. The van der Waals surface area contributed by atoms with Gasteiger partial charge >= 0.3 is 6.18 Å². The van der Waals surface area contributed by atoms with Gasteiger partial charge in [0.25, 0.3) is 5.69 Å². The van der Waals surface area contributed by atoms with E-state index in [1.54, 1.807) is 36.4 Å². The summed E-state index contributed by atoms with van der Waals surface area (Å²) in [5, 5.41) is 14.6. The number of benzene rings is 2. The Morgan fingerprint density at radius 3 is 2.46 bits per heavy atom. The average Bonchev–Trinajstić information content (AvgIpc) is 2.68. The summed E-state index contributed by atoms with van der Waals surface area (Å²) in [4.78, 5) is 17.7. The van der Waals surface area contributed by atoms with Gasteiger partial charge in [-0.1, -0.05) is 42.5 Å². The Bertz CT molecular complexity index is 1020. The number of alkyl halides is 3. The number of nitrogens with zero attached hydrogens (tertiary/aromatic N) is 4. The Kier molecular flexibility index (Phi) is 5.30. The highest BCUT2D eigenvalue weighted by Gasteiger charge is 2.33. The van der Waals surface area contributed by atoms with Gasteiger partial charge in [0.2, 0.25) is 5.95 Å². The highest BCUT2D eigenvalue weighted by molar-refractivity contribution is 5.81. The highest BCUT2D eigenvalue weighted by Crippen LogP contribution is 2.31. The number of halogens is 3. The summed E-state index contributed by atoms with van der Waals surface area (Å²) in [6.45, 7) is 0. The minimum Gasteiger partial charge on any atom is -0.258 e. The summed E-state index contributed by atoms with van der Waals surface area (Å²) in [7, 11) is 0. The van der Waals surface area contributed by atoms with Crippen molar-refractivity contribution in [1.82, 2.24) is 9.97 Å². The Morgan fingerprint density at radius 2 is 1.79 bits per heavy atom. The first-order chi connectivity index (χ1) is 13.3. The van der Waals surface area contributed by atoms with Gasteiger partial charge in [-0.05, 0) is 6.07 Å². The number of anilines is 1. The van der Waals surface area contributed by atoms with Gasteiger partial charge in [0.05, 0.1) is 16.8 Å². The third kappa shape index (κ3) is 4.67. The summed E-state index contributed by atoms with van der Waals surface area (Å²) < 4.78 is 39.5. The number of aromatic nitrogens is 2. The third-order valence-electron chi connectivity index (χ3n) is 3.55. The number of hydrogen-bond donors (Lipinski definition) is 1. The van der Waals surface area contributed by atoms with Gasteiger partial charge in [-0.3, -0.25) is 10.1 Å². The summed E-state index contributed by atoms with van der Waals surface area (Å²) in [5.41, 5.74) is 2.04. The molecule has 3 aromatic rings. The lowest BCUT2D eigenvalue weighted by Gasteiger charge is -2.10. The normalized spacial score (nSPS) is 11.5. The zero-order valence-electron chi connectivity index (χ0n) is 14.1. The third-order valence-corrected chi connectivity index (χ3v) is 3.55. The lowest BCUT2D eigenvalue weighted by Crippen LogP contribution is -2.11. The monoisotopic (exact) mass is 387 g/mol. The molecule has 0 bridgehead atoms. The largest absolute Gasteiger partial charge is 0.433 e. The molecule has 2 aromatic carbocycles. The van der Waals surface area contributed by atoms with Crippen molar-refractivity contribution in [2.24, 2.45) is 5.10 Å². The van der Waals surface area contributed by atoms with Crippen LogP contribution in [0.2, 0.25) is 0 Å². The van der Waals surface area contributed by atoms with E-state index in [4.69, 9.17) is 0 Å². The molecule has 0 unspecified atom stereocenters. The van der Waals surface area contributed by atoms with Crippen LogP contribution in [0.3, 0.4) is 0 Å². The van der Waals surface area contributed by atoms with E-state index in [1.807, 2.05) is 0 Å². The van der Waals surface area contributed by atoms with Crippen LogP contribution >= 0.6 is 0 Å². The molecule has 0 saturated heterocycles. The van der Waals surface area contributed by atoms with Crippen LogP contribution in [-0.4, -0.2) is 21.1 Å². The van der Waals surface area contributed by atoms with Crippen molar-refractivity contribution in [3.8, 4) is 11.3 Å². The van der Waals surface area contributed by atoms with Crippen LogP contribution in [0.15, 0.2) is 65.8 Å². The molecule has 0 saturated carbocycles. The minimum absolute atomic E-state index is 0.0796. The number of nitro groups is 1. The maximum absolute atomic E-state index is 13.2. The number of hydrogen-bond acceptors (Lipinski definition) is 6. The molecule has 1 N–H and O–H groups in total. The van der Waals surface area contributed by atoms with Gasteiger partial charge in [0, 0.05) is 23.3 Å². The molecule has 0 fully saturated rings. The molecule has 1 aromatic heterocycles. The number of non-ortho nitro benzene ring substituents is 1. The van der Waals surface area contributed by atoms with E-state index in [9.17, 15) is 23.3 Å². The lowest BCUT2D eigenvalue weighted by atomic mass is 10.1. The molecule has 0 amide bonds. The summed E-state index contributed by atoms with van der Waals surface area (Å²) >= 11 is 0. The van der Waals surface area contributed by atoms with E-state index < -0.39 is 16.8 Å². The van der Waals surface area contributed by atoms with E-state index in [-0.39, 0.29) is 17.3 Å². The van der Waals surface area contributed by atoms with E-state index in [1.165, 1.54) is 24.4 Å². The quantitative estimate of drug-likeness (QED) is 0.395. The first-order valence-electron chi connectivity index (χ1n) is 7.88. The van der Waals surface area contributed by atoms with Crippen LogP contribution in [0.4, 0.5) is 24.8 Å². The zero-order chi connectivity index (χ0) is 20.1. The number of hydrazone groups is 1.